The number of nitrogens with two attached hydrogens (primary N) is 1. The Kier molecular flexibility index (Phi) is 3.94. The summed E-state index contributed by atoms with van der Waals surface area (Å²) in [7, 11) is 1.55. The number of carbonyl (C=O) groups is 1. The van der Waals surface area contributed by atoms with Crippen LogP contribution in [0.5, 0.6) is 5.75 Å². The SMILES string of the molecule is COc1ccc(C)cc1C(=O)Nc1ccc(N)cc1C. The van der Waals surface area contributed by atoms with Crippen molar-refractivity contribution in [3.8, 4) is 5.75 Å². The highest BCUT2D eigenvalue weighted by molar-refractivity contribution is 6.06. The van der Waals surface area contributed by atoms with Gasteiger partial charge in [-0.15, -0.1) is 0 Å². The van der Waals surface area contributed by atoms with Gasteiger partial charge < -0.3 is 15.8 Å². The van der Waals surface area contributed by atoms with Crippen LogP contribution in [0.15, 0.2) is 36.4 Å². The molecule has 0 atom stereocenters. The fourth-order valence-electron chi connectivity index (χ4n) is 2.02. The van der Waals surface area contributed by atoms with Gasteiger partial charge in [0.25, 0.3) is 5.91 Å². The van der Waals surface area contributed by atoms with Gasteiger partial charge in [0, 0.05) is 11.4 Å². The predicted octanol–water partition coefficient (Wildman–Crippen LogP) is 3.15. The highest BCUT2D eigenvalue weighted by Crippen LogP contribution is 2.23. The minimum Gasteiger partial charge on any atom is -0.496 e. The molecule has 0 aliphatic rings. The van der Waals surface area contributed by atoms with E-state index in [2.05, 4.69) is 5.32 Å². The maximum absolute atomic E-state index is 12.4. The van der Waals surface area contributed by atoms with Gasteiger partial charge in [-0.1, -0.05) is 11.6 Å². The second-order valence-electron chi connectivity index (χ2n) is 4.73. The fourth-order valence-corrected chi connectivity index (χ4v) is 2.02. The van der Waals surface area contributed by atoms with Crippen LogP contribution in [0.2, 0.25) is 0 Å². The van der Waals surface area contributed by atoms with Crippen LogP contribution >= 0.6 is 0 Å². The molecule has 2 aromatic carbocycles. The standard InChI is InChI=1S/C16H18N2O2/c1-10-4-7-15(20-3)13(8-10)16(19)18-14-6-5-12(17)9-11(14)2/h4-9H,17H2,1-3H3,(H,18,19). The molecule has 0 unspecified atom stereocenters. The van der Waals surface area contributed by atoms with Crippen molar-refractivity contribution in [2.45, 2.75) is 13.8 Å². The van der Waals surface area contributed by atoms with Crippen LogP contribution in [0.4, 0.5) is 11.4 Å². The number of anilines is 2. The summed E-state index contributed by atoms with van der Waals surface area (Å²) in [6.45, 7) is 3.84. The van der Waals surface area contributed by atoms with E-state index in [0.717, 1.165) is 16.8 Å². The molecule has 0 aliphatic carbocycles. The number of hydrogen-bond acceptors (Lipinski definition) is 3. The number of nitrogen functional groups attached to an aromatic ring is 1. The number of ether oxygens (including phenoxy) is 1. The van der Waals surface area contributed by atoms with Crippen molar-refractivity contribution < 1.29 is 9.53 Å². The molecule has 0 spiro atoms. The van der Waals surface area contributed by atoms with Gasteiger partial charge in [0.1, 0.15) is 5.75 Å². The smallest absolute Gasteiger partial charge is 0.259 e. The average Bonchev–Trinajstić information content (AvgIpc) is 2.41. The first kappa shape index (κ1) is 13.9. The molecule has 0 saturated heterocycles. The molecule has 4 heteroatoms. The summed E-state index contributed by atoms with van der Waals surface area (Å²) in [4.78, 5) is 12.4. The second kappa shape index (κ2) is 5.65. The Bertz CT molecular complexity index is 651. The van der Waals surface area contributed by atoms with Crippen molar-refractivity contribution in [2.24, 2.45) is 0 Å². The lowest BCUT2D eigenvalue weighted by molar-refractivity contribution is 0.102. The van der Waals surface area contributed by atoms with Crippen LogP contribution in [0.25, 0.3) is 0 Å². The monoisotopic (exact) mass is 270 g/mol. The summed E-state index contributed by atoms with van der Waals surface area (Å²) in [6, 6.07) is 10.9. The first-order chi connectivity index (χ1) is 9.51. The van der Waals surface area contributed by atoms with Gasteiger partial charge in [-0.2, -0.15) is 0 Å². The zero-order valence-electron chi connectivity index (χ0n) is 11.9. The minimum atomic E-state index is -0.196. The number of methoxy groups -OCH3 is 1. The third kappa shape index (κ3) is 2.91. The molecule has 0 radical (unpaired) electrons. The van der Waals surface area contributed by atoms with E-state index in [1.807, 2.05) is 26.0 Å². The lowest BCUT2D eigenvalue weighted by Gasteiger charge is -2.12. The van der Waals surface area contributed by atoms with E-state index in [1.54, 1.807) is 31.4 Å². The number of aryl methyl sites for hydroxylation is 2. The zero-order valence-corrected chi connectivity index (χ0v) is 11.9. The molecule has 0 aliphatic heterocycles. The molecule has 0 saturated carbocycles. The Morgan fingerprint density at radius 1 is 1.15 bits per heavy atom. The van der Waals surface area contributed by atoms with Gasteiger partial charge in [0.05, 0.1) is 12.7 Å². The van der Waals surface area contributed by atoms with E-state index in [-0.39, 0.29) is 5.91 Å². The van der Waals surface area contributed by atoms with E-state index in [1.165, 1.54) is 0 Å². The highest BCUT2D eigenvalue weighted by Gasteiger charge is 2.13. The summed E-state index contributed by atoms with van der Waals surface area (Å²) in [5.74, 6) is 0.361. The molecular weight excluding hydrogens is 252 g/mol. The number of rotatable bonds is 3. The van der Waals surface area contributed by atoms with Crippen molar-refractivity contribution in [1.82, 2.24) is 0 Å². The Labute approximate surface area is 118 Å². The maximum atomic E-state index is 12.4. The van der Waals surface area contributed by atoms with E-state index < -0.39 is 0 Å². The second-order valence-corrected chi connectivity index (χ2v) is 4.73. The Hall–Kier alpha value is -2.49. The van der Waals surface area contributed by atoms with E-state index in [4.69, 9.17) is 10.5 Å². The summed E-state index contributed by atoms with van der Waals surface area (Å²) in [5.41, 5.74) is 9.56. The first-order valence-electron chi connectivity index (χ1n) is 6.33. The van der Waals surface area contributed by atoms with Crippen LogP contribution in [0.1, 0.15) is 21.5 Å². The van der Waals surface area contributed by atoms with Crippen LogP contribution in [-0.2, 0) is 0 Å². The van der Waals surface area contributed by atoms with Crippen molar-refractivity contribution in [3.05, 3.63) is 53.1 Å². The van der Waals surface area contributed by atoms with Crippen molar-refractivity contribution in [3.63, 3.8) is 0 Å². The Morgan fingerprint density at radius 3 is 2.55 bits per heavy atom. The topological polar surface area (TPSA) is 64.3 Å². The number of nitrogens with one attached hydrogen (secondary N) is 1. The molecule has 104 valence electrons. The molecule has 0 aromatic heterocycles. The van der Waals surface area contributed by atoms with Crippen molar-refractivity contribution in [1.29, 1.82) is 0 Å². The van der Waals surface area contributed by atoms with Gasteiger partial charge in [-0.05, 0) is 49.7 Å². The summed E-state index contributed by atoms with van der Waals surface area (Å²) in [6.07, 6.45) is 0. The van der Waals surface area contributed by atoms with E-state index >= 15 is 0 Å². The first-order valence-corrected chi connectivity index (χ1v) is 6.33. The average molecular weight is 270 g/mol. The molecule has 0 bridgehead atoms. The number of benzene rings is 2. The van der Waals surface area contributed by atoms with Crippen molar-refractivity contribution >= 4 is 17.3 Å². The molecule has 2 aromatic rings. The number of amides is 1. The van der Waals surface area contributed by atoms with E-state index in [0.29, 0.717) is 17.0 Å². The largest absolute Gasteiger partial charge is 0.496 e. The predicted molar refractivity (Wildman–Crippen MR) is 81.3 cm³/mol. The minimum absolute atomic E-state index is 0.196. The lowest BCUT2D eigenvalue weighted by Crippen LogP contribution is -2.14. The lowest BCUT2D eigenvalue weighted by atomic mass is 10.1. The molecule has 20 heavy (non-hydrogen) atoms. The molecule has 3 N–H and O–H groups in total. The molecule has 4 nitrogen and oxygen atoms in total. The van der Waals surface area contributed by atoms with Crippen LogP contribution < -0.4 is 15.8 Å². The summed E-state index contributed by atoms with van der Waals surface area (Å²) >= 11 is 0. The third-order valence-corrected chi connectivity index (χ3v) is 3.10. The fraction of sp³-hybridized carbons (Fsp3) is 0.188. The summed E-state index contributed by atoms with van der Waals surface area (Å²) < 4.78 is 5.23. The summed E-state index contributed by atoms with van der Waals surface area (Å²) in [5, 5.41) is 2.88. The van der Waals surface area contributed by atoms with Crippen LogP contribution in [-0.4, -0.2) is 13.0 Å². The van der Waals surface area contributed by atoms with Gasteiger partial charge in [0.2, 0.25) is 0 Å². The number of carbonyl (C=O) groups excluding carboxylic acids is 1. The van der Waals surface area contributed by atoms with Crippen LogP contribution in [0, 0.1) is 13.8 Å². The third-order valence-electron chi connectivity index (χ3n) is 3.10. The molecule has 0 heterocycles. The van der Waals surface area contributed by atoms with E-state index in [9.17, 15) is 4.79 Å². The van der Waals surface area contributed by atoms with Gasteiger partial charge in [-0.3, -0.25) is 4.79 Å². The van der Waals surface area contributed by atoms with Crippen LogP contribution in [0.3, 0.4) is 0 Å². The Balaban J connectivity index is 2.30. The quantitative estimate of drug-likeness (QED) is 0.842. The molecular formula is C16H18N2O2. The number of hydrogen-bond donors (Lipinski definition) is 2. The highest BCUT2D eigenvalue weighted by atomic mass is 16.5. The van der Waals surface area contributed by atoms with Gasteiger partial charge in [-0.25, -0.2) is 0 Å². The van der Waals surface area contributed by atoms with Gasteiger partial charge in [0.15, 0.2) is 0 Å². The molecule has 2 rings (SSSR count). The molecule has 1 amide bonds. The zero-order chi connectivity index (χ0) is 14.7. The maximum Gasteiger partial charge on any atom is 0.259 e. The normalized spacial score (nSPS) is 10.2. The molecule has 0 fully saturated rings. The van der Waals surface area contributed by atoms with Gasteiger partial charge >= 0.3 is 0 Å². The van der Waals surface area contributed by atoms with Crippen molar-refractivity contribution in [2.75, 3.05) is 18.2 Å². The Morgan fingerprint density at radius 2 is 1.90 bits per heavy atom.